The fourth-order valence-corrected chi connectivity index (χ4v) is 3.01. The molecule has 0 unspecified atom stereocenters. The SMILES string of the molecule is CN(CC1CCCCC1)C(=O)NCC#Cc1cccc(C(F)(F)F)c1. The molecule has 1 aliphatic carbocycles. The minimum Gasteiger partial charge on any atom is -0.328 e. The van der Waals surface area contributed by atoms with Crippen LogP contribution < -0.4 is 5.32 Å². The number of nitrogens with zero attached hydrogens (tertiary/aromatic N) is 1. The molecule has 0 atom stereocenters. The first-order valence-corrected chi connectivity index (χ1v) is 8.51. The highest BCUT2D eigenvalue weighted by atomic mass is 19.4. The van der Waals surface area contributed by atoms with Crippen LogP contribution >= 0.6 is 0 Å². The van der Waals surface area contributed by atoms with Crippen LogP contribution in [0.5, 0.6) is 0 Å². The third-order valence-electron chi connectivity index (χ3n) is 4.35. The van der Waals surface area contributed by atoms with Crippen LogP contribution in [-0.4, -0.2) is 31.1 Å². The van der Waals surface area contributed by atoms with E-state index in [0.29, 0.717) is 5.92 Å². The van der Waals surface area contributed by atoms with E-state index >= 15 is 0 Å². The summed E-state index contributed by atoms with van der Waals surface area (Å²) in [4.78, 5) is 13.7. The second-order valence-corrected chi connectivity index (χ2v) is 6.42. The number of carbonyl (C=O) groups excluding carboxylic acids is 1. The van der Waals surface area contributed by atoms with Crippen molar-refractivity contribution >= 4 is 6.03 Å². The van der Waals surface area contributed by atoms with Crippen molar-refractivity contribution in [1.82, 2.24) is 10.2 Å². The number of carbonyl (C=O) groups is 1. The fraction of sp³-hybridized carbons (Fsp3) is 0.526. The van der Waals surface area contributed by atoms with Gasteiger partial charge in [0.15, 0.2) is 0 Å². The lowest BCUT2D eigenvalue weighted by Crippen LogP contribution is -2.40. The Bertz CT molecular complexity index is 640. The average molecular weight is 352 g/mol. The number of rotatable bonds is 3. The maximum atomic E-state index is 12.6. The van der Waals surface area contributed by atoms with Gasteiger partial charge in [0.2, 0.25) is 0 Å². The van der Waals surface area contributed by atoms with E-state index in [2.05, 4.69) is 17.2 Å². The summed E-state index contributed by atoms with van der Waals surface area (Å²) in [7, 11) is 1.75. The molecule has 1 aromatic rings. The number of nitrogens with one attached hydrogen (secondary N) is 1. The Labute approximate surface area is 146 Å². The van der Waals surface area contributed by atoms with E-state index in [4.69, 9.17) is 0 Å². The maximum Gasteiger partial charge on any atom is 0.416 e. The summed E-state index contributed by atoms with van der Waals surface area (Å²) in [6.07, 6.45) is 1.66. The van der Waals surface area contributed by atoms with E-state index < -0.39 is 11.7 Å². The predicted octanol–water partition coefficient (Wildman–Crippen LogP) is 4.28. The van der Waals surface area contributed by atoms with E-state index in [1.807, 2.05) is 0 Å². The largest absolute Gasteiger partial charge is 0.416 e. The highest BCUT2D eigenvalue weighted by Crippen LogP contribution is 2.29. The molecule has 25 heavy (non-hydrogen) atoms. The molecule has 1 aliphatic rings. The van der Waals surface area contributed by atoms with Gasteiger partial charge in [0.1, 0.15) is 0 Å². The minimum atomic E-state index is -4.38. The Balaban J connectivity index is 1.80. The first kappa shape index (κ1) is 19.2. The van der Waals surface area contributed by atoms with Gasteiger partial charge in [-0.1, -0.05) is 37.2 Å². The van der Waals surface area contributed by atoms with Gasteiger partial charge in [0, 0.05) is 19.2 Å². The zero-order valence-corrected chi connectivity index (χ0v) is 14.3. The normalized spacial score (nSPS) is 15.2. The lowest BCUT2D eigenvalue weighted by molar-refractivity contribution is -0.137. The van der Waals surface area contributed by atoms with Gasteiger partial charge in [-0.25, -0.2) is 4.79 Å². The summed E-state index contributed by atoms with van der Waals surface area (Å²) in [6.45, 7) is 0.830. The first-order chi connectivity index (χ1) is 11.9. The first-order valence-electron chi connectivity index (χ1n) is 8.51. The molecule has 2 rings (SSSR count). The van der Waals surface area contributed by atoms with Gasteiger partial charge >= 0.3 is 12.2 Å². The molecule has 0 heterocycles. The molecule has 0 saturated heterocycles. The Morgan fingerprint density at radius 1 is 1.28 bits per heavy atom. The van der Waals surface area contributed by atoms with Gasteiger partial charge in [-0.15, -0.1) is 0 Å². The number of urea groups is 1. The van der Waals surface area contributed by atoms with Crippen LogP contribution in [0.2, 0.25) is 0 Å². The minimum absolute atomic E-state index is 0.101. The van der Waals surface area contributed by atoms with Crippen LogP contribution in [-0.2, 0) is 6.18 Å². The summed E-state index contributed by atoms with van der Waals surface area (Å²) in [5.41, 5.74) is -0.449. The Kier molecular flexibility index (Phi) is 6.74. The molecule has 1 aromatic carbocycles. The van der Waals surface area contributed by atoms with Crippen LogP contribution in [0.25, 0.3) is 0 Å². The van der Waals surface area contributed by atoms with Gasteiger partial charge in [-0.3, -0.25) is 0 Å². The summed E-state index contributed by atoms with van der Waals surface area (Å²) < 4.78 is 37.9. The standard InChI is InChI=1S/C19H23F3N2O/c1-24(14-16-7-3-2-4-8-16)18(25)23-12-6-10-15-9-5-11-17(13-15)19(20,21)22/h5,9,11,13,16H,2-4,7-8,12,14H2,1H3,(H,23,25). The molecule has 3 nitrogen and oxygen atoms in total. The van der Waals surface area contributed by atoms with Crippen molar-refractivity contribution in [2.24, 2.45) is 5.92 Å². The zero-order valence-electron chi connectivity index (χ0n) is 14.3. The zero-order chi connectivity index (χ0) is 18.3. The van der Waals surface area contributed by atoms with Crippen molar-refractivity contribution in [1.29, 1.82) is 0 Å². The summed E-state index contributed by atoms with van der Waals surface area (Å²) in [5.74, 6) is 5.90. The number of alkyl halides is 3. The lowest BCUT2D eigenvalue weighted by atomic mass is 9.89. The van der Waals surface area contributed by atoms with E-state index in [-0.39, 0.29) is 18.1 Å². The van der Waals surface area contributed by atoms with Crippen LogP contribution in [0, 0.1) is 17.8 Å². The molecule has 6 heteroatoms. The highest BCUT2D eigenvalue weighted by Gasteiger charge is 2.30. The molecule has 1 fully saturated rings. The van der Waals surface area contributed by atoms with E-state index in [0.717, 1.165) is 31.5 Å². The Hall–Kier alpha value is -2.16. The smallest absolute Gasteiger partial charge is 0.328 e. The van der Waals surface area contributed by atoms with E-state index in [1.54, 1.807) is 11.9 Å². The number of hydrogen-bond acceptors (Lipinski definition) is 1. The van der Waals surface area contributed by atoms with Crippen LogP contribution in [0.3, 0.4) is 0 Å². The van der Waals surface area contributed by atoms with Crippen LogP contribution in [0.15, 0.2) is 24.3 Å². The second kappa shape index (κ2) is 8.80. The van der Waals surface area contributed by atoms with Gasteiger partial charge in [0.05, 0.1) is 12.1 Å². The summed E-state index contributed by atoms with van der Waals surface area (Å²) in [5, 5.41) is 2.68. The van der Waals surface area contributed by atoms with Gasteiger partial charge in [-0.05, 0) is 37.0 Å². The molecular formula is C19H23F3N2O. The van der Waals surface area contributed by atoms with Gasteiger partial charge < -0.3 is 10.2 Å². The molecule has 2 amide bonds. The molecule has 0 aliphatic heterocycles. The van der Waals surface area contributed by atoms with Crippen molar-refractivity contribution in [2.45, 2.75) is 38.3 Å². The predicted molar refractivity (Wildman–Crippen MR) is 90.9 cm³/mol. The maximum absolute atomic E-state index is 12.6. The van der Waals surface area contributed by atoms with E-state index in [1.165, 1.54) is 31.4 Å². The molecule has 0 aromatic heterocycles. The van der Waals surface area contributed by atoms with Crippen molar-refractivity contribution in [3.63, 3.8) is 0 Å². The molecule has 0 spiro atoms. The van der Waals surface area contributed by atoms with Crippen LogP contribution in [0.1, 0.15) is 43.2 Å². The van der Waals surface area contributed by atoms with Crippen molar-refractivity contribution < 1.29 is 18.0 Å². The quantitative estimate of drug-likeness (QED) is 0.809. The Morgan fingerprint density at radius 3 is 2.68 bits per heavy atom. The van der Waals surface area contributed by atoms with Crippen molar-refractivity contribution in [2.75, 3.05) is 20.1 Å². The van der Waals surface area contributed by atoms with E-state index in [9.17, 15) is 18.0 Å². The fourth-order valence-electron chi connectivity index (χ4n) is 3.01. The topological polar surface area (TPSA) is 32.3 Å². The summed E-state index contributed by atoms with van der Waals surface area (Å²) in [6, 6.07) is 4.64. The van der Waals surface area contributed by atoms with Crippen molar-refractivity contribution in [3.8, 4) is 11.8 Å². The lowest BCUT2D eigenvalue weighted by Gasteiger charge is -2.26. The van der Waals surface area contributed by atoms with Crippen molar-refractivity contribution in [3.05, 3.63) is 35.4 Å². The number of amides is 2. The Morgan fingerprint density at radius 2 is 2.00 bits per heavy atom. The third kappa shape index (κ3) is 6.33. The van der Waals surface area contributed by atoms with Gasteiger partial charge in [-0.2, -0.15) is 13.2 Å². The van der Waals surface area contributed by atoms with Crippen LogP contribution in [0.4, 0.5) is 18.0 Å². The molecule has 1 N–H and O–H groups in total. The second-order valence-electron chi connectivity index (χ2n) is 6.42. The summed E-state index contributed by atoms with van der Waals surface area (Å²) >= 11 is 0. The average Bonchev–Trinajstić information content (AvgIpc) is 2.59. The highest BCUT2D eigenvalue weighted by molar-refractivity contribution is 5.74. The molecular weight excluding hydrogens is 329 g/mol. The molecule has 0 radical (unpaired) electrons. The molecule has 0 bridgehead atoms. The monoisotopic (exact) mass is 352 g/mol. The van der Waals surface area contributed by atoms with Gasteiger partial charge in [0.25, 0.3) is 0 Å². The number of hydrogen-bond donors (Lipinski definition) is 1. The molecule has 136 valence electrons. The number of benzene rings is 1. The molecule has 1 saturated carbocycles. The number of halogens is 3. The third-order valence-corrected chi connectivity index (χ3v) is 4.35.